The highest BCUT2D eigenvalue weighted by Crippen LogP contribution is 2.36. The molecule has 0 radical (unpaired) electrons. The van der Waals surface area contributed by atoms with Gasteiger partial charge >= 0.3 is 0 Å². The molecular weight excluding hydrogens is 332 g/mol. The quantitative estimate of drug-likeness (QED) is 0.435. The second-order valence-electron chi connectivity index (χ2n) is 4.96. The molecule has 0 aliphatic carbocycles. The van der Waals surface area contributed by atoms with Crippen LogP contribution in [0.1, 0.15) is 5.56 Å². The average Bonchev–Trinajstić information content (AvgIpc) is 2.85. The maximum absolute atomic E-state index is 10.0. The van der Waals surface area contributed by atoms with E-state index in [0.717, 1.165) is 22.2 Å². The molecular formula is C16H13ClN4OS. The molecule has 0 fully saturated rings. The third kappa shape index (κ3) is 3.33. The molecule has 0 aliphatic heterocycles. The Kier molecular flexibility index (Phi) is 4.27. The molecule has 1 aromatic heterocycles. The smallest absolute Gasteiger partial charge is 0.218 e. The predicted octanol–water partition coefficient (Wildman–Crippen LogP) is 5.32. The number of aromatic hydroxyl groups is 1. The number of benzene rings is 2. The van der Waals surface area contributed by atoms with E-state index in [0.29, 0.717) is 10.7 Å². The molecule has 23 heavy (non-hydrogen) atoms. The van der Waals surface area contributed by atoms with Crippen LogP contribution in [0.2, 0.25) is 5.02 Å². The number of nitrogens with zero attached hydrogens (tertiary/aromatic N) is 2. The van der Waals surface area contributed by atoms with Crippen LogP contribution in [-0.2, 0) is 0 Å². The number of aromatic amines is 1. The Hall–Kier alpha value is -2.44. The van der Waals surface area contributed by atoms with Crippen LogP contribution in [0.25, 0.3) is 10.9 Å². The summed E-state index contributed by atoms with van der Waals surface area (Å²) in [4.78, 5) is 2.90. The summed E-state index contributed by atoms with van der Waals surface area (Å²) >= 11 is 11.0. The average molecular weight is 345 g/mol. The number of hydrogen-bond donors (Lipinski definition) is 3. The molecule has 0 aliphatic rings. The Morgan fingerprint density at radius 1 is 1.22 bits per heavy atom. The maximum Gasteiger partial charge on any atom is 0.218 e. The van der Waals surface area contributed by atoms with E-state index in [9.17, 15) is 5.11 Å². The first-order chi connectivity index (χ1) is 11.0. The summed E-state index contributed by atoms with van der Waals surface area (Å²) in [5.74, 6) is -0.0349. The Morgan fingerprint density at radius 2 is 1.96 bits per heavy atom. The minimum absolute atomic E-state index is 0.0349. The lowest BCUT2D eigenvalue weighted by Gasteiger charge is -2.02. The van der Waals surface area contributed by atoms with Gasteiger partial charge in [-0.05, 0) is 49.0 Å². The molecule has 0 amide bonds. The maximum atomic E-state index is 10.0. The molecule has 0 bridgehead atoms. The summed E-state index contributed by atoms with van der Waals surface area (Å²) in [5, 5.41) is 22.6. The molecule has 3 N–H and O–H groups in total. The molecule has 2 aromatic carbocycles. The van der Waals surface area contributed by atoms with Gasteiger partial charge in [0.05, 0.1) is 5.52 Å². The fraction of sp³-hybridized carbons (Fsp3) is 0.0625. The van der Waals surface area contributed by atoms with Gasteiger partial charge in [-0.2, -0.15) is 0 Å². The summed E-state index contributed by atoms with van der Waals surface area (Å²) < 4.78 is 0. The lowest BCUT2D eigenvalue weighted by molar-refractivity contribution is 0.459. The van der Waals surface area contributed by atoms with Gasteiger partial charge in [-0.1, -0.05) is 29.8 Å². The van der Waals surface area contributed by atoms with Crippen LogP contribution in [0.5, 0.6) is 5.88 Å². The van der Waals surface area contributed by atoms with Crippen molar-refractivity contribution in [1.29, 1.82) is 0 Å². The van der Waals surface area contributed by atoms with Crippen molar-refractivity contribution in [2.75, 3.05) is 5.32 Å². The summed E-state index contributed by atoms with van der Waals surface area (Å²) in [5.41, 5.74) is 2.97. The predicted molar refractivity (Wildman–Crippen MR) is 96.9 cm³/mol. The topological polar surface area (TPSA) is 72.8 Å². The normalized spacial score (nSPS) is 11.2. The molecule has 0 saturated heterocycles. The van der Waals surface area contributed by atoms with Gasteiger partial charge in [0.2, 0.25) is 11.0 Å². The number of aryl methyl sites for hydroxylation is 1. The number of hydrogen-bond acceptors (Lipinski definition) is 3. The zero-order valence-electron chi connectivity index (χ0n) is 12.2. The Morgan fingerprint density at radius 3 is 2.70 bits per heavy atom. The Labute approximate surface area is 143 Å². The number of rotatable bonds is 2. The molecule has 116 valence electrons. The zero-order valence-corrected chi connectivity index (χ0v) is 13.7. The van der Waals surface area contributed by atoms with Crippen molar-refractivity contribution in [2.45, 2.75) is 6.92 Å². The second kappa shape index (κ2) is 6.36. The van der Waals surface area contributed by atoms with Gasteiger partial charge < -0.3 is 15.4 Å². The summed E-state index contributed by atoms with van der Waals surface area (Å²) in [6.07, 6.45) is 0. The number of azo groups is 1. The monoisotopic (exact) mass is 344 g/mol. The first kappa shape index (κ1) is 15.5. The highest BCUT2D eigenvalue weighted by Gasteiger charge is 2.11. The van der Waals surface area contributed by atoms with E-state index in [1.54, 1.807) is 24.3 Å². The third-order valence-electron chi connectivity index (χ3n) is 3.33. The van der Waals surface area contributed by atoms with Crippen LogP contribution in [0.3, 0.4) is 0 Å². The SMILES string of the molecule is Cc1cccc2c(N=NC(=S)Nc3ccc(Cl)cc3)c(O)[nH]c12. The van der Waals surface area contributed by atoms with Gasteiger partial charge in [-0.25, -0.2) is 0 Å². The van der Waals surface area contributed by atoms with E-state index in [1.807, 2.05) is 25.1 Å². The second-order valence-corrected chi connectivity index (χ2v) is 5.78. The molecule has 0 saturated carbocycles. The first-order valence-corrected chi connectivity index (χ1v) is 7.62. The van der Waals surface area contributed by atoms with Crippen molar-refractivity contribution >= 4 is 51.2 Å². The fourth-order valence-electron chi connectivity index (χ4n) is 2.21. The number of H-pyrrole nitrogens is 1. The summed E-state index contributed by atoms with van der Waals surface area (Å²) in [6.45, 7) is 1.95. The van der Waals surface area contributed by atoms with E-state index in [1.165, 1.54) is 0 Å². The number of thiocarbonyl (C=S) groups is 1. The lowest BCUT2D eigenvalue weighted by atomic mass is 10.1. The molecule has 7 heteroatoms. The molecule has 0 spiro atoms. The van der Waals surface area contributed by atoms with Gasteiger partial charge in [-0.15, -0.1) is 10.2 Å². The molecule has 0 atom stereocenters. The van der Waals surface area contributed by atoms with Gasteiger partial charge in [0, 0.05) is 16.1 Å². The van der Waals surface area contributed by atoms with Crippen molar-refractivity contribution in [3.05, 3.63) is 53.1 Å². The van der Waals surface area contributed by atoms with Crippen LogP contribution >= 0.6 is 23.8 Å². The lowest BCUT2D eigenvalue weighted by Crippen LogP contribution is -2.04. The molecule has 1 heterocycles. The largest absolute Gasteiger partial charge is 0.493 e. The van der Waals surface area contributed by atoms with Crippen LogP contribution in [-0.4, -0.2) is 15.2 Å². The van der Waals surface area contributed by atoms with E-state index in [2.05, 4.69) is 20.5 Å². The van der Waals surface area contributed by atoms with E-state index >= 15 is 0 Å². The van der Waals surface area contributed by atoms with Crippen LogP contribution in [0.4, 0.5) is 11.4 Å². The summed E-state index contributed by atoms with van der Waals surface area (Å²) in [7, 11) is 0. The van der Waals surface area contributed by atoms with Crippen LogP contribution in [0, 0.1) is 6.92 Å². The highest BCUT2D eigenvalue weighted by atomic mass is 35.5. The number of halogens is 1. The fourth-order valence-corrected chi connectivity index (χ4v) is 2.50. The van der Waals surface area contributed by atoms with Crippen molar-refractivity contribution in [1.82, 2.24) is 4.98 Å². The number of nitrogens with one attached hydrogen (secondary N) is 2. The van der Waals surface area contributed by atoms with E-state index in [-0.39, 0.29) is 11.0 Å². The van der Waals surface area contributed by atoms with Crippen molar-refractivity contribution in [2.24, 2.45) is 10.2 Å². The van der Waals surface area contributed by atoms with Crippen molar-refractivity contribution in [3.8, 4) is 5.88 Å². The van der Waals surface area contributed by atoms with Crippen LogP contribution < -0.4 is 5.32 Å². The minimum atomic E-state index is -0.0349. The van der Waals surface area contributed by atoms with Crippen LogP contribution in [0.15, 0.2) is 52.7 Å². The number of fused-ring (bicyclic) bond motifs is 1. The van der Waals surface area contributed by atoms with Gasteiger partial charge in [0.1, 0.15) is 0 Å². The van der Waals surface area contributed by atoms with Gasteiger partial charge in [0.15, 0.2) is 5.69 Å². The first-order valence-electron chi connectivity index (χ1n) is 6.83. The molecule has 0 unspecified atom stereocenters. The van der Waals surface area contributed by atoms with E-state index in [4.69, 9.17) is 23.8 Å². The zero-order chi connectivity index (χ0) is 16.4. The van der Waals surface area contributed by atoms with Gasteiger partial charge in [-0.3, -0.25) is 0 Å². The molecule has 5 nitrogen and oxygen atoms in total. The third-order valence-corrected chi connectivity index (χ3v) is 3.77. The highest BCUT2D eigenvalue weighted by molar-refractivity contribution is 7.80. The number of para-hydroxylation sites is 1. The standard InChI is InChI=1S/C16H13ClN4OS/c1-9-3-2-4-12-13(9)19-15(22)14(12)20-21-16(23)18-11-7-5-10(17)6-8-11/h2-8,19,22H,1H3,(H,18,23). The Bertz CT molecular complexity index is 902. The van der Waals surface area contributed by atoms with Crippen molar-refractivity contribution in [3.63, 3.8) is 0 Å². The minimum Gasteiger partial charge on any atom is -0.493 e. The van der Waals surface area contributed by atoms with E-state index < -0.39 is 0 Å². The van der Waals surface area contributed by atoms with Gasteiger partial charge in [0.25, 0.3) is 0 Å². The molecule has 3 rings (SSSR count). The molecule has 3 aromatic rings. The number of aromatic nitrogens is 1. The van der Waals surface area contributed by atoms with Crippen molar-refractivity contribution < 1.29 is 5.11 Å². The summed E-state index contributed by atoms with van der Waals surface area (Å²) in [6, 6.07) is 12.8. The number of anilines is 1. The Balaban J connectivity index is 1.82.